The Morgan fingerprint density at radius 3 is 2.61 bits per heavy atom. The summed E-state index contributed by atoms with van der Waals surface area (Å²) in [5.41, 5.74) is 4.15. The van der Waals surface area contributed by atoms with Crippen LogP contribution in [0.1, 0.15) is 78.0 Å². The molecule has 2 unspecified atom stereocenters. The number of hydrogen-bond acceptors (Lipinski definition) is 6. The molecule has 0 saturated carbocycles. The maximum Gasteiger partial charge on any atom is 0.255 e. The largest absolute Gasteiger partial charge is 0.322 e. The second-order valence-electron chi connectivity index (χ2n) is 9.23. The molecule has 3 amide bonds. The number of piperidine rings is 2. The topological polar surface area (TPSA) is 95.5 Å². The number of rotatable bonds is 5. The van der Waals surface area contributed by atoms with Gasteiger partial charge >= 0.3 is 0 Å². The molecule has 33 heavy (non-hydrogen) atoms. The third-order valence-electron chi connectivity index (χ3n) is 7.37. The molecule has 0 bridgehead atoms. The molecule has 172 valence electrons. The Hall–Kier alpha value is -3.13. The Balaban J connectivity index is 1.26. The van der Waals surface area contributed by atoms with Gasteiger partial charge in [0.1, 0.15) is 6.04 Å². The van der Waals surface area contributed by atoms with Gasteiger partial charge in [0, 0.05) is 30.8 Å². The molecule has 1 aromatic carbocycles. The number of fused-ring (bicyclic) bond motifs is 1. The third-order valence-corrected chi connectivity index (χ3v) is 7.37. The van der Waals surface area contributed by atoms with E-state index in [1.54, 1.807) is 11.1 Å². The summed E-state index contributed by atoms with van der Waals surface area (Å²) in [7, 11) is 0. The highest BCUT2D eigenvalue weighted by Crippen LogP contribution is 2.36. The molecule has 5 rings (SSSR count). The first-order valence-corrected chi connectivity index (χ1v) is 11.8. The van der Waals surface area contributed by atoms with Crippen LogP contribution < -0.4 is 5.32 Å². The number of aromatic nitrogens is 2. The highest BCUT2D eigenvalue weighted by molar-refractivity contribution is 6.05. The van der Waals surface area contributed by atoms with E-state index < -0.39 is 6.04 Å². The molecule has 8 heteroatoms. The number of benzene rings is 1. The van der Waals surface area contributed by atoms with E-state index in [-0.39, 0.29) is 24.1 Å². The van der Waals surface area contributed by atoms with Crippen molar-refractivity contribution in [2.75, 3.05) is 13.1 Å². The summed E-state index contributed by atoms with van der Waals surface area (Å²) in [6.07, 6.45) is 7.46. The van der Waals surface area contributed by atoms with Crippen LogP contribution in [-0.4, -0.2) is 56.9 Å². The van der Waals surface area contributed by atoms with Gasteiger partial charge in [0.05, 0.1) is 6.20 Å². The van der Waals surface area contributed by atoms with Gasteiger partial charge in [-0.2, -0.15) is 10.2 Å². The molecule has 1 N–H and O–H groups in total. The summed E-state index contributed by atoms with van der Waals surface area (Å²) in [6.45, 7) is 4.68. The molecule has 4 heterocycles. The number of likely N-dealkylation sites (tertiary alicyclic amines) is 1. The van der Waals surface area contributed by atoms with Gasteiger partial charge in [-0.1, -0.05) is 19.1 Å². The highest BCUT2D eigenvalue weighted by Gasteiger charge is 2.39. The van der Waals surface area contributed by atoms with Crippen LogP contribution in [0.15, 0.2) is 36.7 Å². The minimum absolute atomic E-state index is 0.113. The van der Waals surface area contributed by atoms with Gasteiger partial charge in [-0.15, -0.1) is 0 Å². The van der Waals surface area contributed by atoms with Gasteiger partial charge in [0.25, 0.3) is 5.91 Å². The minimum Gasteiger partial charge on any atom is -0.322 e. The van der Waals surface area contributed by atoms with Crippen LogP contribution in [0.25, 0.3) is 0 Å². The van der Waals surface area contributed by atoms with Gasteiger partial charge in [0.15, 0.2) is 0 Å². The Bertz CT molecular complexity index is 1060. The van der Waals surface area contributed by atoms with Crippen LogP contribution in [0, 0.1) is 0 Å². The van der Waals surface area contributed by atoms with E-state index in [4.69, 9.17) is 0 Å². The maximum absolute atomic E-state index is 12.9. The molecular weight excluding hydrogens is 418 g/mol. The predicted octanol–water partition coefficient (Wildman–Crippen LogP) is 2.57. The summed E-state index contributed by atoms with van der Waals surface area (Å²) in [4.78, 5) is 40.8. The van der Waals surface area contributed by atoms with E-state index in [9.17, 15) is 14.4 Å². The summed E-state index contributed by atoms with van der Waals surface area (Å²) < 4.78 is 0. The number of hydrogen-bond donors (Lipinski definition) is 1. The molecule has 2 fully saturated rings. The smallest absolute Gasteiger partial charge is 0.255 e. The second kappa shape index (κ2) is 9.02. The SMILES string of the molecule is CCC(c1ccnnc1)N1CCC(c2ccc3c(c2)CN(C2CCC(=O)NC2=O)C3=O)CC1. The number of carbonyl (C=O) groups excluding carboxylic acids is 3. The average molecular weight is 448 g/mol. The van der Waals surface area contributed by atoms with Crippen molar-refractivity contribution in [1.82, 2.24) is 25.3 Å². The second-order valence-corrected chi connectivity index (χ2v) is 9.23. The number of amides is 3. The van der Waals surface area contributed by atoms with Crippen molar-refractivity contribution in [3.8, 4) is 0 Å². The standard InChI is InChI=1S/C25H29N5O3/c1-2-21(18-7-10-26-27-14-18)29-11-8-16(9-12-29)17-3-4-20-19(13-17)15-30(25(20)33)22-5-6-23(31)28-24(22)32/h3-4,7,10,13-14,16,21-22H,2,5-6,8-9,11-12,15H2,1H3,(H,28,31,32). The maximum atomic E-state index is 12.9. The van der Waals surface area contributed by atoms with E-state index in [1.807, 2.05) is 12.3 Å². The van der Waals surface area contributed by atoms with Crippen molar-refractivity contribution in [3.63, 3.8) is 0 Å². The molecule has 2 aromatic rings. The first-order chi connectivity index (χ1) is 16.0. The number of imide groups is 1. The van der Waals surface area contributed by atoms with E-state index in [0.717, 1.165) is 37.9 Å². The molecule has 3 aliphatic rings. The summed E-state index contributed by atoms with van der Waals surface area (Å²) >= 11 is 0. The molecule has 3 aliphatic heterocycles. The molecule has 2 saturated heterocycles. The summed E-state index contributed by atoms with van der Waals surface area (Å²) in [6, 6.07) is 8.00. The molecule has 0 radical (unpaired) electrons. The lowest BCUT2D eigenvalue weighted by Gasteiger charge is -2.37. The average Bonchev–Trinajstić information content (AvgIpc) is 3.16. The van der Waals surface area contributed by atoms with Crippen LogP contribution >= 0.6 is 0 Å². The van der Waals surface area contributed by atoms with E-state index in [0.29, 0.717) is 30.5 Å². The zero-order valence-corrected chi connectivity index (χ0v) is 18.9. The molecule has 8 nitrogen and oxygen atoms in total. The molecule has 0 spiro atoms. The van der Waals surface area contributed by atoms with Crippen molar-refractivity contribution in [2.24, 2.45) is 0 Å². The zero-order valence-electron chi connectivity index (χ0n) is 18.9. The fourth-order valence-corrected chi connectivity index (χ4v) is 5.60. The van der Waals surface area contributed by atoms with Crippen LogP contribution in [-0.2, 0) is 16.1 Å². The number of nitrogens with one attached hydrogen (secondary N) is 1. The van der Waals surface area contributed by atoms with E-state index in [1.165, 1.54) is 11.1 Å². The van der Waals surface area contributed by atoms with Crippen molar-refractivity contribution < 1.29 is 14.4 Å². The van der Waals surface area contributed by atoms with Crippen molar-refractivity contribution in [2.45, 2.75) is 63.6 Å². The Labute approximate surface area is 193 Å². The van der Waals surface area contributed by atoms with E-state index in [2.05, 4.69) is 45.5 Å². The van der Waals surface area contributed by atoms with Crippen LogP contribution in [0.4, 0.5) is 0 Å². The fraction of sp³-hybridized carbons (Fsp3) is 0.480. The highest BCUT2D eigenvalue weighted by atomic mass is 16.2. The summed E-state index contributed by atoms with van der Waals surface area (Å²) in [5.74, 6) is -0.286. The first kappa shape index (κ1) is 21.7. The van der Waals surface area contributed by atoms with Gasteiger partial charge in [-0.3, -0.25) is 24.6 Å². The molecule has 1 aromatic heterocycles. The normalized spacial score (nSPS) is 22.9. The monoisotopic (exact) mass is 447 g/mol. The van der Waals surface area contributed by atoms with Crippen molar-refractivity contribution in [3.05, 3.63) is 58.9 Å². The van der Waals surface area contributed by atoms with Gasteiger partial charge < -0.3 is 4.90 Å². The zero-order chi connectivity index (χ0) is 22.9. The molecular formula is C25H29N5O3. The fourth-order valence-electron chi connectivity index (χ4n) is 5.60. The van der Waals surface area contributed by atoms with E-state index >= 15 is 0 Å². The Kier molecular flexibility index (Phi) is 5.93. The van der Waals surface area contributed by atoms with Gasteiger partial charge in [-0.25, -0.2) is 0 Å². The van der Waals surface area contributed by atoms with Crippen molar-refractivity contribution in [1.29, 1.82) is 0 Å². The van der Waals surface area contributed by atoms with Gasteiger partial charge in [-0.05, 0) is 73.5 Å². The predicted molar refractivity (Wildman–Crippen MR) is 121 cm³/mol. The molecule has 2 atom stereocenters. The van der Waals surface area contributed by atoms with Crippen molar-refractivity contribution >= 4 is 17.7 Å². The minimum atomic E-state index is -0.567. The van der Waals surface area contributed by atoms with Crippen LogP contribution in [0.2, 0.25) is 0 Å². The number of nitrogens with zero attached hydrogens (tertiary/aromatic N) is 4. The number of carbonyl (C=O) groups is 3. The molecule has 0 aliphatic carbocycles. The Morgan fingerprint density at radius 1 is 1.09 bits per heavy atom. The Morgan fingerprint density at radius 2 is 1.91 bits per heavy atom. The first-order valence-electron chi connectivity index (χ1n) is 11.8. The lowest BCUT2D eigenvalue weighted by Crippen LogP contribution is -2.52. The quantitative estimate of drug-likeness (QED) is 0.708. The summed E-state index contributed by atoms with van der Waals surface area (Å²) in [5, 5.41) is 10.3. The third kappa shape index (κ3) is 4.15. The lowest BCUT2D eigenvalue weighted by atomic mass is 9.87. The lowest BCUT2D eigenvalue weighted by molar-refractivity contribution is -0.136. The van der Waals surface area contributed by atoms with Crippen LogP contribution in [0.3, 0.4) is 0 Å². The van der Waals surface area contributed by atoms with Crippen LogP contribution in [0.5, 0.6) is 0 Å². The van der Waals surface area contributed by atoms with Gasteiger partial charge in [0.2, 0.25) is 11.8 Å².